The second kappa shape index (κ2) is 3.56. The Balaban J connectivity index is 2.22. The summed E-state index contributed by atoms with van der Waals surface area (Å²) in [6, 6.07) is 3.45. The van der Waals surface area contributed by atoms with E-state index >= 15 is 0 Å². The minimum atomic E-state index is -0.963. The molecule has 78 valence electrons. The normalized spacial score (nSPS) is 18.9. The number of primary amides is 1. The molecule has 0 saturated heterocycles. The number of fused-ring (bicyclic) bond motifs is 1. The van der Waals surface area contributed by atoms with E-state index in [0.717, 1.165) is 0 Å². The van der Waals surface area contributed by atoms with Gasteiger partial charge in [-0.15, -0.1) is 0 Å². The van der Waals surface area contributed by atoms with Crippen LogP contribution in [0, 0.1) is 0 Å². The molecule has 0 aliphatic carbocycles. The fourth-order valence-electron chi connectivity index (χ4n) is 1.43. The molecule has 6 nitrogen and oxygen atoms in total. The maximum absolute atomic E-state index is 11.4. The average Bonchev–Trinajstić information content (AvgIpc) is 2.18. The second-order valence-electron chi connectivity index (χ2n) is 3.12. The molecule has 0 saturated carbocycles. The Labute approximate surface area is 85.4 Å². The lowest BCUT2D eigenvalue weighted by Crippen LogP contribution is -2.39. The largest absolute Gasteiger partial charge is 0.436 e. The molecule has 2 amide bonds. The maximum atomic E-state index is 11.4. The Morgan fingerprint density at radius 1 is 1.67 bits per heavy atom. The number of pyridine rings is 1. The van der Waals surface area contributed by atoms with Crippen LogP contribution in [0.3, 0.4) is 0 Å². The lowest BCUT2D eigenvalue weighted by molar-refractivity contribution is -0.124. The average molecular weight is 207 g/mol. The van der Waals surface area contributed by atoms with Gasteiger partial charge in [-0.1, -0.05) is 0 Å². The van der Waals surface area contributed by atoms with E-state index in [1.54, 1.807) is 18.3 Å². The number of hydrogen-bond donors (Lipinski definition) is 2. The van der Waals surface area contributed by atoms with E-state index < -0.39 is 12.2 Å². The minimum Gasteiger partial charge on any atom is -0.436 e. The van der Waals surface area contributed by atoms with E-state index in [4.69, 9.17) is 5.73 Å². The number of carbonyl (C=O) groups excluding carboxylic acids is 2. The third kappa shape index (κ3) is 1.88. The van der Waals surface area contributed by atoms with Crippen LogP contribution in [0.2, 0.25) is 0 Å². The van der Waals surface area contributed by atoms with Crippen LogP contribution in [0.1, 0.15) is 5.69 Å². The van der Waals surface area contributed by atoms with Crippen molar-refractivity contribution >= 4 is 17.7 Å². The summed E-state index contributed by atoms with van der Waals surface area (Å²) in [4.78, 5) is 26.0. The Bertz CT molecular complexity index is 419. The SMILES string of the molecule is NC(=O)OC1Cc2ncccc2NC1=O. The van der Waals surface area contributed by atoms with Gasteiger partial charge in [0.25, 0.3) is 5.91 Å². The van der Waals surface area contributed by atoms with Crippen molar-refractivity contribution in [3.8, 4) is 0 Å². The molecule has 3 N–H and O–H groups in total. The van der Waals surface area contributed by atoms with E-state index in [0.29, 0.717) is 11.4 Å². The summed E-state index contributed by atoms with van der Waals surface area (Å²) >= 11 is 0. The molecule has 1 aromatic rings. The molecular weight excluding hydrogens is 198 g/mol. The molecular formula is C9H9N3O3. The number of carbonyl (C=O) groups is 2. The summed E-state index contributed by atoms with van der Waals surface area (Å²) in [7, 11) is 0. The van der Waals surface area contributed by atoms with Gasteiger partial charge in [0.1, 0.15) is 0 Å². The van der Waals surface area contributed by atoms with Gasteiger partial charge in [-0.25, -0.2) is 4.79 Å². The predicted octanol–water partition coefficient (Wildman–Crippen LogP) is 0.0401. The number of aromatic nitrogens is 1. The van der Waals surface area contributed by atoms with E-state index in [9.17, 15) is 9.59 Å². The van der Waals surface area contributed by atoms with Gasteiger partial charge in [0.15, 0.2) is 6.10 Å². The molecule has 1 unspecified atom stereocenters. The number of nitrogens with zero attached hydrogens (tertiary/aromatic N) is 1. The molecule has 0 aromatic carbocycles. The first kappa shape index (κ1) is 9.45. The lowest BCUT2D eigenvalue weighted by Gasteiger charge is -2.22. The van der Waals surface area contributed by atoms with Crippen molar-refractivity contribution in [2.24, 2.45) is 5.73 Å². The van der Waals surface area contributed by atoms with Gasteiger partial charge in [0, 0.05) is 12.6 Å². The quantitative estimate of drug-likeness (QED) is 0.679. The van der Waals surface area contributed by atoms with Crippen LogP contribution in [0.25, 0.3) is 0 Å². The van der Waals surface area contributed by atoms with Gasteiger partial charge in [-0.3, -0.25) is 9.78 Å². The van der Waals surface area contributed by atoms with Crippen LogP contribution < -0.4 is 11.1 Å². The number of hydrogen-bond acceptors (Lipinski definition) is 4. The molecule has 0 bridgehead atoms. The summed E-state index contributed by atoms with van der Waals surface area (Å²) in [6.45, 7) is 0. The Morgan fingerprint density at radius 3 is 3.20 bits per heavy atom. The van der Waals surface area contributed by atoms with Crippen molar-refractivity contribution < 1.29 is 14.3 Å². The van der Waals surface area contributed by atoms with Crippen molar-refractivity contribution in [2.45, 2.75) is 12.5 Å². The fourth-order valence-corrected chi connectivity index (χ4v) is 1.43. The molecule has 0 fully saturated rings. The van der Waals surface area contributed by atoms with E-state index in [-0.39, 0.29) is 12.3 Å². The van der Waals surface area contributed by atoms with E-state index in [2.05, 4.69) is 15.0 Å². The first-order chi connectivity index (χ1) is 7.16. The van der Waals surface area contributed by atoms with Crippen molar-refractivity contribution in [2.75, 3.05) is 5.32 Å². The van der Waals surface area contributed by atoms with E-state index in [1.807, 2.05) is 0 Å². The fraction of sp³-hybridized carbons (Fsp3) is 0.222. The van der Waals surface area contributed by atoms with Crippen molar-refractivity contribution in [3.63, 3.8) is 0 Å². The topological polar surface area (TPSA) is 94.3 Å². The van der Waals surface area contributed by atoms with Crippen LogP contribution in [0.4, 0.5) is 10.5 Å². The zero-order valence-corrected chi connectivity index (χ0v) is 7.77. The molecule has 6 heteroatoms. The molecule has 0 radical (unpaired) electrons. The highest BCUT2D eigenvalue weighted by Crippen LogP contribution is 2.20. The number of amides is 2. The molecule has 2 rings (SSSR count). The number of rotatable bonds is 1. The van der Waals surface area contributed by atoms with Gasteiger partial charge in [-0.05, 0) is 12.1 Å². The monoisotopic (exact) mass is 207 g/mol. The van der Waals surface area contributed by atoms with Gasteiger partial charge in [0.2, 0.25) is 0 Å². The van der Waals surface area contributed by atoms with Crippen molar-refractivity contribution in [3.05, 3.63) is 24.0 Å². The van der Waals surface area contributed by atoms with Gasteiger partial charge < -0.3 is 15.8 Å². The number of nitrogens with two attached hydrogens (primary N) is 1. The van der Waals surface area contributed by atoms with Crippen molar-refractivity contribution in [1.82, 2.24) is 4.98 Å². The maximum Gasteiger partial charge on any atom is 0.405 e. The van der Waals surface area contributed by atoms with Gasteiger partial charge in [0.05, 0.1) is 11.4 Å². The highest BCUT2D eigenvalue weighted by molar-refractivity contribution is 5.97. The molecule has 2 heterocycles. The highest BCUT2D eigenvalue weighted by Gasteiger charge is 2.29. The van der Waals surface area contributed by atoms with E-state index in [1.165, 1.54) is 0 Å². The molecule has 1 aliphatic rings. The molecule has 1 aromatic heterocycles. The zero-order valence-electron chi connectivity index (χ0n) is 7.77. The Morgan fingerprint density at radius 2 is 2.47 bits per heavy atom. The van der Waals surface area contributed by atoms with Crippen LogP contribution in [0.15, 0.2) is 18.3 Å². The zero-order chi connectivity index (χ0) is 10.8. The summed E-state index contributed by atoms with van der Waals surface area (Å²) in [5, 5.41) is 2.58. The first-order valence-electron chi connectivity index (χ1n) is 4.37. The second-order valence-corrected chi connectivity index (χ2v) is 3.12. The standard InChI is InChI=1S/C9H9N3O3/c10-9(14)15-7-4-6-5(12-8(7)13)2-1-3-11-6/h1-3,7H,4H2,(H2,10,14)(H,12,13). The first-order valence-corrected chi connectivity index (χ1v) is 4.37. The third-order valence-corrected chi connectivity index (χ3v) is 2.08. The third-order valence-electron chi connectivity index (χ3n) is 2.08. The number of nitrogens with one attached hydrogen (secondary N) is 1. The predicted molar refractivity (Wildman–Crippen MR) is 51.0 cm³/mol. The summed E-state index contributed by atoms with van der Waals surface area (Å²) in [5.41, 5.74) is 6.17. The van der Waals surface area contributed by atoms with Crippen molar-refractivity contribution in [1.29, 1.82) is 0 Å². The molecule has 0 spiro atoms. The van der Waals surface area contributed by atoms with Gasteiger partial charge >= 0.3 is 6.09 Å². The minimum absolute atomic E-state index is 0.255. The van der Waals surface area contributed by atoms with Crippen LogP contribution in [-0.2, 0) is 16.0 Å². The number of ether oxygens (including phenoxy) is 1. The molecule has 1 atom stereocenters. The lowest BCUT2D eigenvalue weighted by atomic mass is 10.1. The van der Waals surface area contributed by atoms with Gasteiger partial charge in [-0.2, -0.15) is 0 Å². The summed E-state index contributed by atoms with van der Waals surface area (Å²) in [5.74, 6) is -0.380. The Kier molecular flexibility index (Phi) is 2.24. The smallest absolute Gasteiger partial charge is 0.405 e. The molecule has 15 heavy (non-hydrogen) atoms. The van der Waals surface area contributed by atoms with Crippen LogP contribution in [0.5, 0.6) is 0 Å². The number of anilines is 1. The highest BCUT2D eigenvalue weighted by atomic mass is 16.6. The van der Waals surface area contributed by atoms with Crippen LogP contribution in [-0.4, -0.2) is 23.1 Å². The van der Waals surface area contributed by atoms with Crippen LogP contribution >= 0.6 is 0 Å². The summed E-state index contributed by atoms with van der Waals surface area (Å²) in [6.07, 6.45) is 0.0159. The molecule has 1 aliphatic heterocycles. The summed E-state index contributed by atoms with van der Waals surface area (Å²) < 4.78 is 4.65. The Hall–Kier alpha value is -2.11.